The fourth-order valence-electron chi connectivity index (χ4n) is 2.09. The van der Waals surface area contributed by atoms with Crippen molar-refractivity contribution in [3.05, 3.63) is 0 Å². The number of carboxylic acids is 1. The lowest BCUT2D eigenvalue weighted by Gasteiger charge is -2.36. The summed E-state index contributed by atoms with van der Waals surface area (Å²) in [4.78, 5) is 12.7. The maximum Gasteiger partial charge on any atom is 0.322 e. The number of piperazine rings is 1. The summed E-state index contributed by atoms with van der Waals surface area (Å²) in [6, 6.07) is -0.721. The third-order valence-corrected chi connectivity index (χ3v) is 5.15. The molecule has 20 heavy (non-hydrogen) atoms. The average molecular weight is 352 g/mol. The van der Waals surface area contributed by atoms with E-state index < -0.39 is 22.0 Å². The Morgan fingerprint density at radius 2 is 1.75 bits per heavy atom. The average Bonchev–Trinajstić information content (AvgIpc) is 2.30. The van der Waals surface area contributed by atoms with Gasteiger partial charge < -0.3 is 10.8 Å². The van der Waals surface area contributed by atoms with Crippen LogP contribution in [0, 0.1) is 0 Å². The predicted molar refractivity (Wildman–Crippen MR) is 82.2 cm³/mol. The Kier molecular flexibility index (Phi) is 10.8. The monoisotopic (exact) mass is 351 g/mol. The number of aliphatic carboxylic acids is 1. The Balaban J connectivity index is 0. The highest BCUT2D eigenvalue weighted by atomic mass is 35.5. The molecular formula is C10H23Cl2N3O4S. The van der Waals surface area contributed by atoms with Crippen molar-refractivity contribution in [1.82, 2.24) is 9.21 Å². The van der Waals surface area contributed by atoms with Crippen LogP contribution in [0.2, 0.25) is 0 Å². The van der Waals surface area contributed by atoms with E-state index in [-0.39, 0.29) is 37.1 Å². The van der Waals surface area contributed by atoms with E-state index >= 15 is 0 Å². The number of rotatable bonds is 6. The SMILES string of the molecule is CCCS(=O)(=O)N1CCN([C@@H](CN)C(=O)O)CC1.Cl.Cl. The molecule has 1 aliphatic rings. The molecule has 1 heterocycles. The first-order chi connectivity index (χ1) is 8.42. The first kappa shape index (κ1) is 22.2. The Bertz CT molecular complexity index is 386. The van der Waals surface area contributed by atoms with E-state index in [0.29, 0.717) is 32.6 Å². The zero-order chi connectivity index (χ0) is 13.8. The van der Waals surface area contributed by atoms with Crippen LogP contribution in [0.3, 0.4) is 0 Å². The van der Waals surface area contributed by atoms with E-state index in [2.05, 4.69) is 0 Å². The lowest BCUT2D eigenvalue weighted by Crippen LogP contribution is -2.56. The van der Waals surface area contributed by atoms with Gasteiger partial charge in [-0.05, 0) is 6.42 Å². The van der Waals surface area contributed by atoms with Crippen LogP contribution in [-0.2, 0) is 14.8 Å². The van der Waals surface area contributed by atoms with Crippen LogP contribution in [0.5, 0.6) is 0 Å². The van der Waals surface area contributed by atoms with Gasteiger partial charge in [-0.1, -0.05) is 6.92 Å². The zero-order valence-electron chi connectivity index (χ0n) is 11.4. The molecule has 1 fully saturated rings. The maximum atomic E-state index is 11.8. The zero-order valence-corrected chi connectivity index (χ0v) is 13.8. The smallest absolute Gasteiger partial charge is 0.322 e. The molecule has 0 radical (unpaired) electrons. The molecule has 7 nitrogen and oxygen atoms in total. The topological polar surface area (TPSA) is 104 Å². The standard InChI is InChI=1S/C10H21N3O4S.2ClH/c1-2-7-18(16,17)13-5-3-12(4-6-13)9(8-11)10(14)15;;/h9H,2-8,11H2,1H3,(H,14,15);2*1H/t9-;;/m0../s1. The van der Waals surface area contributed by atoms with Crippen LogP contribution in [0.4, 0.5) is 0 Å². The van der Waals surface area contributed by atoms with E-state index in [4.69, 9.17) is 10.8 Å². The number of hydrogen-bond acceptors (Lipinski definition) is 5. The molecule has 0 spiro atoms. The van der Waals surface area contributed by atoms with E-state index in [9.17, 15) is 13.2 Å². The van der Waals surface area contributed by atoms with E-state index in [1.54, 1.807) is 4.90 Å². The predicted octanol–water partition coefficient (Wildman–Crippen LogP) is -0.401. The van der Waals surface area contributed by atoms with Crippen LogP contribution in [0.15, 0.2) is 0 Å². The van der Waals surface area contributed by atoms with Crippen molar-refractivity contribution in [3.8, 4) is 0 Å². The van der Waals surface area contributed by atoms with Gasteiger partial charge in [-0.15, -0.1) is 24.8 Å². The number of sulfonamides is 1. The molecule has 0 saturated carbocycles. The fraction of sp³-hybridized carbons (Fsp3) is 0.900. The first-order valence-corrected chi connectivity index (χ1v) is 7.68. The third-order valence-electron chi connectivity index (χ3n) is 3.08. The van der Waals surface area contributed by atoms with Crippen LogP contribution in [-0.4, -0.2) is 73.2 Å². The summed E-state index contributed by atoms with van der Waals surface area (Å²) in [6.07, 6.45) is 0.586. The lowest BCUT2D eigenvalue weighted by molar-refractivity contribution is -0.143. The Morgan fingerprint density at radius 1 is 1.25 bits per heavy atom. The molecule has 1 aliphatic heterocycles. The number of hydrogen-bond donors (Lipinski definition) is 2. The van der Waals surface area contributed by atoms with Crippen molar-refractivity contribution < 1.29 is 18.3 Å². The Labute approximate surface area is 132 Å². The molecule has 0 bridgehead atoms. The number of carbonyl (C=O) groups is 1. The molecule has 0 unspecified atom stereocenters. The molecule has 3 N–H and O–H groups in total. The van der Waals surface area contributed by atoms with Gasteiger partial charge in [-0.25, -0.2) is 8.42 Å². The Morgan fingerprint density at radius 3 is 2.10 bits per heavy atom. The molecule has 1 saturated heterocycles. The number of carboxylic acid groups (broad SMARTS) is 1. The van der Waals surface area contributed by atoms with Crippen molar-refractivity contribution in [2.24, 2.45) is 5.73 Å². The van der Waals surface area contributed by atoms with Gasteiger partial charge >= 0.3 is 5.97 Å². The van der Waals surface area contributed by atoms with Gasteiger partial charge in [-0.2, -0.15) is 4.31 Å². The van der Waals surface area contributed by atoms with Crippen LogP contribution >= 0.6 is 24.8 Å². The van der Waals surface area contributed by atoms with Crippen molar-refractivity contribution in [2.75, 3.05) is 38.5 Å². The van der Waals surface area contributed by atoms with E-state index in [1.165, 1.54) is 4.31 Å². The summed E-state index contributed by atoms with van der Waals surface area (Å²) < 4.78 is 25.1. The highest BCUT2D eigenvalue weighted by Crippen LogP contribution is 2.11. The highest BCUT2D eigenvalue weighted by molar-refractivity contribution is 7.89. The molecule has 0 aliphatic carbocycles. The second kappa shape index (κ2) is 9.75. The largest absolute Gasteiger partial charge is 0.480 e. The molecule has 0 amide bonds. The van der Waals surface area contributed by atoms with Gasteiger partial charge in [0.1, 0.15) is 6.04 Å². The van der Waals surface area contributed by atoms with Gasteiger partial charge in [0.2, 0.25) is 10.0 Å². The quantitative estimate of drug-likeness (QED) is 0.674. The molecule has 0 aromatic heterocycles. The van der Waals surface area contributed by atoms with Crippen molar-refractivity contribution in [2.45, 2.75) is 19.4 Å². The minimum Gasteiger partial charge on any atom is -0.480 e. The van der Waals surface area contributed by atoms with E-state index in [1.807, 2.05) is 6.92 Å². The second-order valence-corrected chi connectivity index (χ2v) is 6.43. The highest BCUT2D eigenvalue weighted by Gasteiger charge is 2.31. The van der Waals surface area contributed by atoms with Gasteiger partial charge in [-0.3, -0.25) is 9.69 Å². The summed E-state index contributed by atoms with van der Waals surface area (Å²) in [5.74, 6) is -0.811. The van der Waals surface area contributed by atoms with Crippen molar-refractivity contribution in [3.63, 3.8) is 0 Å². The van der Waals surface area contributed by atoms with Gasteiger partial charge in [0, 0.05) is 32.7 Å². The molecule has 122 valence electrons. The number of nitrogens with zero attached hydrogens (tertiary/aromatic N) is 2. The molecule has 1 rings (SSSR count). The van der Waals surface area contributed by atoms with Crippen molar-refractivity contribution in [1.29, 1.82) is 0 Å². The molecule has 10 heteroatoms. The van der Waals surface area contributed by atoms with Gasteiger partial charge in [0.05, 0.1) is 5.75 Å². The van der Waals surface area contributed by atoms with Crippen molar-refractivity contribution >= 4 is 40.8 Å². The minimum atomic E-state index is -3.18. The summed E-state index contributed by atoms with van der Waals surface area (Å²) in [5, 5.41) is 8.98. The first-order valence-electron chi connectivity index (χ1n) is 6.07. The van der Waals surface area contributed by atoms with E-state index in [0.717, 1.165) is 0 Å². The fourth-order valence-corrected chi connectivity index (χ4v) is 3.58. The second-order valence-electron chi connectivity index (χ2n) is 4.34. The number of halogens is 2. The van der Waals surface area contributed by atoms with Gasteiger partial charge in [0.15, 0.2) is 0 Å². The molecule has 0 aromatic carbocycles. The third kappa shape index (κ3) is 5.71. The van der Waals surface area contributed by atoms with Gasteiger partial charge in [0.25, 0.3) is 0 Å². The summed E-state index contributed by atoms with van der Waals surface area (Å²) >= 11 is 0. The van der Waals surface area contributed by atoms with Crippen LogP contribution in [0.25, 0.3) is 0 Å². The minimum absolute atomic E-state index is 0. The normalized spacial score (nSPS) is 18.7. The Hall–Kier alpha value is -0.120. The van der Waals surface area contributed by atoms with Crippen LogP contribution in [0.1, 0.15) is 13.3 Å². The maximum absolute atomic E-state index is 11.8. The van der Waals surface area contributed by atoms with Crippen LogP contribution < -0.4 is 5.73 Å². The lowest BCUT2D eigenvalue weighted by atomic mass is 10.2. The number of nitrogens with two attached hydrogens (primary N) is 1. The molecule has 1 atom stereocenters. The summed E-state index contributed by atoms with van der Waals surface area (Å²) in [6.45, 7) is 3.37. The molecule has 0 aromatic rings. The summed E-state index contributed by atoms with van der Waals surface area (Å²) in [5.41, 5.74) is 5.42. The summed E-state index contributed by atoms with van der Waals surface area (Å²) in [7, 11) is -3.18. The molecular weight excluding hydrogens is 329 g/mol.